The van der Waals surface area contributed by atoms with Crippen molar-refractivity contribution in [1.82, 2.24) is 9.97 Å². The summed E-state index contributed by atoms with van der Waals surface area (Å²) in [5.41, 5.74) is 1.08. The highest BCUT2D eigenvalue weighted by Gasteiger charge is 2.24. The monoisotopic (exact) mass is 366 g/mol. The maximum Gasteiger partial charge on any atom is 0.319 e. The second kappa shape index (κ2) is 7.27. The molecule has 0 amide bonds. The molecule has 0 fully saturated rings. The van der Waals surface area contributed by atoms with Gasteiger partial charge in [0.2, 0.25) is 0 Å². The van der Waals surface area contributed by atoms with Crippen molar-refractivity contribution in [2.45, 2.75) is 56.9 Å². The molecule has 3 rings (SSSR count). The number of hydrogen-bond donors (Lipinski definition) is 1. The molecule has 1 aliphatic rings. The minimum atomic E-state index is -0.397. The summed E-state index contributed by atoms with van der Waals surface area (Å²) in [6.45, 7) is 6.39. The fourth-order valence-corrected chi connectivity index (χ4v) is 5.16. The van der Waals surface area contributed by atoms with Gasteiger partial charge >= 0.3 is 5.97 Å². The number of ether oxygens (including phenoxy) is 1. The Kier molecular flexibility index (Phi) is 5.30. The number of aryl methyl sites for hydroxylation is 1. The maximum atomic E-state index is 12.5. The first-order valence-corrected chi connectivity index (χ1v) is 10.1. The fourth-order valence-electron chi connectivity index (χ4n) is 2.92. The molecular formula is C17H22N2O3S2. The number of H-pyrrole nitrogens is 1. The number of esters is 1. The van der Waals surface area contributed by atoms with E-state index in [0.29, 0.717) is 17.7 Å². The molecule has 2 atom stereocenters. The van der Waals surface area contributed by atoms with E-state index in [-0.39, 0.29) is 11.5 Å². The highest BCUT2D eigenvalue weighted by atomic mass is 32.2. The van der Waals surface area contributed by atoms with Gasteiger partial charge in [-0.3, -0.25) is 9.59 Å². The van der Waals surface area contributed by atoms with E-state index in [9.17, 15) is 9.59 Å². The van der Waals surface area contributed by atoms with Crippen molar-refractivity contribution >= 4 is 39.3 Å². The van der Waals surface area contributed by atoms with Crippen LogP contribution >= 0.6 is 23.1 Å². The molecule has 130 valence electrons. The van der Waals surface area contributed by atoms with Gasteiger partial charge in [-0.15, -0.1) is 11.3 Å². The van der Waals surface area contributed by atoms with Crippen molar-refractivity contribution < 1.29 is 9.53 Å². The molecule has 1 N–H and O–H groups in total. The Bertz CT molecular complexity index is 812. The smallest absolute Gasteiger partial charge is 0.319 e. The lowest BCUT2D eigenvalue weighted by Gasteiger charge is -2.17. The zero-order valence-corrected chi connectivity index (χ0v) is 15.8. The highest BCUT2D eigenvalue weighted by Crippen LogP contribution is 2.36. The van der Waals surface area contributed by atoms with Crippen LogP contribution in [0.15, 0.2) is 9.95 Å². The molecule has 0 bridgehead atoms. The van der Waals surface area contributed by atoms with E-state index in [2.05, 4.69) is 16.9 Å². The molecule has 0 saturated carbocycles. The molecule has 0 aromatic carbocycles. The van der Waals surface area contributed by atoms with E-state index in [1.807, 2.05) is 6.92 Å². The molecule has 0 saturated heterocycles. The van der Waals surface area contributed by atoms with Gasteiger partial charge in [0, 0.05) is 4.88 Å². The average Bonchev–Trinajstić information content (AvgIpc) is 2.89. The van der Waals surface area contributed by atoms with Gasteiger partial charge in [0.15, 0.2) is 5.16 Å². The summed E-state index contributed by atoms with van der Waals surface area (Å²) in [4.78, 5) is 33.9. The minimum Gasteiger partial charge on any atom is -0.465 e. The average molecular weight is 367 g/mol. The first kappa shape index (κ1) is 17.5. The van der Waals surface area contributed by atoms with Gasteiger partial charge in [-0.2, -0.15) is 0 Å². The number of hydrogen-bond acceptors (Lipinski definition) is 6. The third-order valence-corrected chi connectivity index (χ3v) is 6.32. The van der Waals surface area contributed by atoms with E-state index in [1.54, 1.807) is 18.3 Å². The highest BCUT2D eigenvalue weighted by molar-refractivity contribution is 8.00. The maximum absolute atomic E-state index is 12.5. The molecule has 2 aromatic rings. The number of carbonyl (C=O) groups excluding carboxylic acids is 1. The van der Waals surface area contributed by atoms with Crippen molar-refractivity contribution in [1.29, 1.82) is 0 Å². The Labute approximate surface area is 149 Å². The van der Waals surface area contributed by atoms with Crippen LogP contribution in [-0.2, 0) is 22.4 Å². The summed E-state index contributed by atoms with van der Waals surface area (Å²) in [6, 6.07) is 0. The Morgan fingerprint density at radius 2 is 2.33 bits per heavy atom. The van der Waals surface area contributed by atoms with Crippen LogP contribution in [0, 0.1) is 5.92 Å². The number of nitrogens with one attached hydrogen (secondary N) is 1. The van der Waals surface area contributed by atoms with Crippen LogP contribution in [0.2, 0.25) is 0 Å². The molecule has 0 aliphatic heterocycles. The molecular weight excluding hydrogens is 344 g/mol. The third-order valence-electron chi connectivity index (χ3n) is 4.21. The third kappa shape index (κ3) is 3.52. The normalized spacial score (nSPS) is 18.4. The van der Waals surface area contributed by atoms with Crippen LogP contribution in [0.5, 0.6) is 0 Å². The lowest BCUT2D eigenvalue weighted by molar-refractivity contribution is -0.142. The molecule has 0 radical (unpaired) electrons. The van der Waals surface area contributed by atoms with E-state index in [1.165, 1.54) is 22.2 Å². The van der Waals surface area contributed by atoms with Crippen LogP contribution in [0.25, 0.3) is 10.2 Å². The first-order valence-electron chi connectivity index (χ1n) is 8.37. The fraction of sp³-hybridized carbons (Fsp3) is 0.588. The summed E-state index contributed by atoms with van der Waals surface area (Å²) < 4.78 is 5.14. The Morgan fingerprint density at radius 3 is 3.08 bits per heavy atom. The van der Waals surface area contributed by atoms with Crippen molar-refractivity contribution in [2.75, 3.05) is 6.61 Å². The Balaban J connectivity index is 1.86. The second-order valence-corrected chi connectivity index (χ2v) is 8.74. The largest absolute Gasteiger partial charge is 0.465 e. The van der Waals surface area contributed by atoms with E-state index in [0.717, 1.165) is 35.9 Å². The summed E-state index contributed by atoms with van der Waals surface area (Å²) in [5, 5.41) is 0.833. The first-order chi connectivity index (χ1) is 11.5. The van der Waals surface area contributed by atoms with E-state index in [4.69, 9.17) is 4.74 Å². The standard InChI is InChI=1S/C17H22N2O3S2/c1-4-7-22-16(21)10(3)23-17-18-14(20)13-11-6-5-9(2)8-12(11)24-15(13)19-17/h9-10H,4-8H2,1-3H3,(H,18,19,20). The molecule has 2 aromatic heterocycles. The molecule has 2 heterocycles. The number of thioether (sulfide) groups is 1. The molecule has 7 heteroatoms. The zero-order valence-electron chi connectivity index (χ0n) is 14.2. The van der Waals surface area contributed by atoms with Crippen LogP contribution < -0.4 is 5.56 Å². The number of fused-ring (bicyclic) bond motifs is 3. The summed E-state index contributed by atoms with van der Waals surface area (Å²) >= 11 is 2.86. The van der Waals surface area contributed by atoms with Crippen molar-refractivity contribution in [3.8, 4) is 0 Å². The van der Waals surface area contributed by atoms with Crippen molar-refractivity contribution in [3.63, 3.8) is 0 Å². The van der Waals surface area contributed by atoms with E-state index >= 15 is 0 Å². The second-order valence-electron chi connectivity index (χ2n) is 6.33. The van der Waals surface area contributed by atoms with E-state index < -0.39 is 5.25 Å². The Hall–Kier alpha value is -1.34. The summed E-state index contributed by atoms with van der Waals surface area (Å²) in [5.74, 6) is 0.385. The van der Waals surface area contributed by atoms with Crippen molar-refractivity contribution in [2.24, 2.45) is 5.92 Å². The van der Waals surface area contributed by atoms with Gasteiger partial charge in [0.1, 0.15) is 10.1 Å². The van der Waals surface area contributed by atoms with Crippen molar-refractivity contribution in [3.05, 3.63) is 20.8 Å². The zero-order chi connectivity index (χ0) is 17.3. The SMILES string of the molecule is CCCOC(=O)C(C)Sc1nc2sc3c(c2c(=O)[nH]1)CCC(C)C3. The van der Waals surface area contributed by atoms with Crippen LogP contribution in [0.3, 0.4) is 0 Å². The molecule has 0 spiro atoms. The predicted octanol–water partition coefficient (Wildman–Crippen LogP) is 3.54. The minimum absolute atomic E-state index is 0.0938. The number of carbonyl (C=O) groups is 1. The molecule has 24 heavy (non-hydrogen) atoms. The number of thiophene rings is 1. The number of aromatic amines is 1. The van der Waals surface area contributed by atoms with Crippen LogP contribution in [0.4, 0.5) is 0 Å². The van der Waals surface area contributed by atoms with Gasteiger partial charge in [-0.1, -0.05) is 25.6 Å². The van der Waals surface area contributed by atoms with Gasteiger partial charge in [-0.25, -0.2) is 4.98 Å². The predicted molar refractivity (Wildman–Crippen MR) is 98.0 cm³/mol. The lowest BCUT2D eigenvalue weighted by atomic mass is 9.89. The molecule has 5 nitrogen and oxygen atoms in total. The van der Waals surface area contributed by atoms with Gasteiger partial charge < -0.3 is 9.72 Å². The van der Waals surface area contributed by atoms with Gasteiger partial charge in [0.05, 0.1) is 12.0 Å². The van der Waals surface area contributed by atoms with Gasteiger partial charge in [-0.05, 0) is 44.1 Å². The van der Waals surface area contributed by atoms with Crippen LogP contribution in [-0.4, -0.2) is 27.8 Å². The summed E-state index contributed by atoms with van der Waals surface area (Å²) in [6.07, 6.45) is 3.89. The topological polar surface area (TPSA) is 72.0 Å². The molecule has 2 unspecified atom stereocenters. The lowest BCUT2D eigenvalue weighted by Crippen LogP contribution is -2.19. The molecule has 1 aliphatic carbocycles. The number of aromatic nitrogens is 2. The number of nitrogens with zero attached hydrogens (tertiary/aromatic N) is 1. The van der Waals surface area contributed by atoms with Gasteiger partial charge in [0.25, 0.3) is 5.56 Å². The summed E-state index contributed by atoms with van der Waals surface area (Å²) in [7, 11) is 0. The Morgan fingerprint density at radius 1 is 1.54 bits per heavy atom. The van der Waals surface area contributed by atoms with Crippen LogP contribution in [0.1, 0.15) is 44.1 Å². The quantitative estimate of drug-likeness (QED) is 0.498. The number of rotatable bonds is 5.